The molecule has 1 unspecified atom stereocenters. The first-order chi connectivity index (χ1) is 15.1. The molecule has 0 aliphatic carbocycles. The van der Waals surface area contributed by atoms with Crippen LogP contribution >= 0.6 is 0 Å². The molecule has 5 heterocycles. The number of piperazine rings is 1. The number of nitrogens with zero attached hydrogens (tertiary/aromatic N) is 6. The molecule has 0 amide bonds. The third-order valence-corrected chi connectivity index (χ3v) is 6.60. The van der Waals surface area contributed by atoms with Crippen molar-refractivity contribution in [3.05, 3.63) is 54.1 Å². The Morgan fingerprint density at radius 3 is 2.77 bits per heavy atom. The van der Waals surface area contributed by atoms with Gasteiger partial charge in [0.2, 0.25) is 0 Å². The number of pyridine rings is 2. The van der Waals surface area contributed by atoms with Crippen LogP contribution in [0.15, 0.2) is 42.7 Å². The number of hydrogen-bond acceptors (Lipinski definition) is 6. The molecule has 31 heavy (non-hydrogen) atoms. The summed E-state index contributed by atoms with van der Waals surface area (Å²) >= 11 is 0. The molecule has 5 rings (SSSR count). The van der Waals surface area contributed by atoms with Crippen LogP contribution < -0.4 is 9.64 Å². The number of anilines is 1. The van der Waals surface area contributed by atoms with Crippen LogP contribution in [0.1, 0.15) is 37.7 Å². The van der Waals surface area contributed by atoms with Gasteiger partial charge in [-0.05, 0) is 45.2 Å². The van der Waals surface area contributed by atoms with Gasteiger partial charge >= 0.3 is 0 Å². The molecule has 1 saturated heterocycles. The molecule has 3 aromatic rings. The lowest BCUT2D eigenvalue weighted by Crippen LogP contribution is -2.49. The number of imidazole rings is 1. The highest BCUT2D eigenvalue weighted by atomic mass is 16.5. The number of rotatable bonds is 5. The minimum atomic E-state index is 0.248. The van der Waals surface area contributed by atoms with Crippen molar-refractivity contribution >= 4 is 11.5 Å². The zero-order chi connectivity index (χ0) is 21.4. The van der Waals surface area contributed by atoms with E-state index in [0.717, 1.165) is 68.5 Å². The van der Waals surface area contributed by atoms with Crippen molar-refractivity contribution in [2.75, 3.05) is 44.7 Å². The number of hydrogen-bond donors (Lipinski definition) is 0. The zero-order valence-electron chi connectivity index (χ0n) is 18.7. The predicted octanol–water partition coefficient (Wildman–Crippen LogP) is 3.22. The molecule has 164 valence electrons. The maximum atomic E-state index is 5.79. The van der Waals surface area contributed by atoms with E-state index in [-0.39, 0.29) is 6.04 Å². The smallest absolute Gasteiger partial charge is 0.142 e. The van der Waals surface area contributed by atoms with Crippen molar-refractivity contribution < 1.29 is 4.74 Å². The van der Waals surface area contributed by atoms with Gasteiger partial charge in [-0.25, -0.2) is 4.98 Å². The van der Waals surface area contributed by atoms with Crippen molar-refractivity contribution in [3.8, 4) is 5.75 Å². The lowest BCUT2D eigenvalue weighted by molar-refractivity contribution is 0.155. The summed E-state index contributed by atoms with van der Waals surface area (Å²) in [6, 6.07) is 11.2. The van der Waals surface area contributed by atoms with Crippen molar-refractivity contribution in [2.45, 2.75) is 38.9 Å². The van der Waals surface area contributed by atoms with Crippen LogP contribution in [-0.4, -0.2) is 70.0 Å². The summed E-state index contributed by atoms with van der Waals surface area (Å²) in [5, 5.41) is 0. The Bertz CT molecular complexity index is 1040. The van der Waals surface area contributed by atoms with E-state index in [9.17, 15) is 0 Å². The molecular formula is C24H32N6O. The van der Waals surface area contributed by atoms with E-state index in [2.05, 4.69) is 69.4 Å². The first kappa shape index (κ1) is 20.3. The number of ether oxygens (including phenoxy) is 1. The standard InChI is InChI=1S/C24H32N6O/c1-18(2)28-11-13-29(14-12-28)23-8-4-7-22-26-19(17-30(22)23)16-27(3)20-9-15-31-21-6-5-10-25-24(20)21/h4-8,10,17-18,20H,9,11-16H2,1-3H3. The fraction of sp³-hybridized carbons (Fsp3) is 0.500. The Morgan fingerprint density at radius 2 is 1.97 bits per heavy atom. The Hall–Kier alpha value is -2.64. The van der Waals surface area contributed by atoms with Crippen molar-refractivity contribution in [1.29, 1.82) is 0 Å². The molecule has 0 radical (unpaired) electrons. The second kappa shape index (κ2) is 8.48. The number of aromatic nitrogens is 3. The van der Waals surface area contributed by atoms with E-state index >= 15 is 0 Å². The van der Waals surface area contributed by atoms with Gasteiger partial charge in [-0.2, -0.15) is 0 Å². The van der Waals surface area contributed by atoms with Gasteiger partial charge in [0.25, 0.3) is 0 Å². The van der Waals surface area contributed by atoms with Crippen LogP contribution in [0.3, 0.4) is 0 Å². The molecule has 7 heteroatoms. The maximum absolute atomic E-state index is 5.79. The van der Waals surface area contributed by atoms with E-state index in [0.29, 0.717) is 6.04 Å². The van der Waals surface area contributed by atoms with Gasteiger partial charge in [-0.1, -0.05) is 6.07 Å². The van der Waals surface area contributed by atoms with Crippen LogP contribution in [-0.2, 0) is 6.54 Å². The second-order valence-corrected chi connectivity index (χ2v) is 8.92. The maximum Gasteiger partial charge on any atom is 0.142 e. The van der Waals surface area contributed by atoms with Crippen LogP contribution in [0.5, 0.6) is 5.75 Å². The fourth-order valence-corrected chi connectivity index (χ4v) is 4.84. The van der Waals surface area contributed by atoms with Gasteiger partial charge in [0.15, 0.2) is 0 Å². The summed E-state index contributed by atoms with van der Waals surface area (Å²) in [5.74, 6) is 2.14. The molecule has 0 N–H and O–H groups in total. The van der Waals surface area contributed by atoms with E-state index < -0.39 is 0 Å². The van der Waals surface area contributed by atoms with Crippen LogP contribution in [0.25, 0.3) is 5.65 Å². The zero-order valence-corrected chi connectivity index (χ0v) is 18.7. The average Bonchev–Trinajstić information content (AvgIpc) is 3.21. The highest BCUT2D eigenvalue weighted by Gasteiger charge is 2.27. The molecule has 1 fully saturated rings. The summed E-state index contributed by atoms with van der Waals surface area (Å²) in [6.07, 6.45) is 5.00. The molecule has 0 aromatic carbocycles. The van der Waals surface area contributed by atoms with Crippen LogP contribution in [0.2, 0.25) is 0 Å². The average molecular weight is 421 g/mol. The van der Waals surface area contributed by atoms with Crippen molar-refractivity contribution in [2.24, 2.45) is 0 Å². The third-order valence-electron chi connectivity index (χ3n) is 6.60. The molecule has 1 atom stereocenters. The first-order valence-electron chi connectivity index (χ1n) is 11.3. The Kier molecular flexibility index (Phi) is 5.54. The van der Waals surface area contributed by atoms with Gasteiger partial charge in [-0.15, -0.1) is 0 Å². The normalized spacial score (nSPS) is 19.8. The fourth-order valence-electron chi connectivity index (χ4n) is 4.84. The quantitative estimate of drug-likeness (QED) is 0.632. The lowest BCUT2D eigenvalue weighted by Gasteiger charge is -2.38. The highest BCUT2D eigenvalue weighted by molar-refractivity contribution is 5.53. The SMILES string of the molecule is CC(C)N1CCN(c2cccc3nc(CN(C)C4CCOc5cccnc54)cn23)CC1. The van der Waals surface area contributed by atoms with Crippen molar-refractivity contribution in [1.82, 2.24) is 24.2 Å². The van der Waals surface area contributed by atoms with Gasteiger partial charge < -0.3 is 9.64 Å². The second-order valence-electron chi connectivity index (χ2n) is 8.92. The number of fused-ring (bicyclic) bond motifs is 2. The monoisotopic (exact) mass is 420 g/mol. The Balaban J connectivity index is 1.35. The highest BCUT2D eigenvalue weighted by Crippen LogP contribution is 2.34. The molecule has 7 nitrogen and oxygen atoms in total. The van der Waals surface area contributed by atoms with E-state index in [1.165, 1.54) is 5.82 Å². The molecule has 2 aliphatic heterocycles. The van der Waals surface area contributed by atoms with Gasteiger partial charge in [0.05, 0.1) is 24.0 Å². The predicted molar refractivity (Wildman–Crippen MR) is 123 cm³/mol. The molecule has 0 bridgehead atoms. The minimum absolute atomic E-state index is 0.248. The summed E-state index contributed by atoms with van der Waals surface area (Å²) in [7, 11) is 2.16. The van der Waals surface area contributed by atoms with Crippen LogP contribution in [0.4, 0.5) is 5.82 Å². The minimum Gasteiger partial charge on any atom is -0.492 e. The van der Waals surface area contributed by atoms with E-state index in [1.807, 2.05) is 18.3 Å². The topological polar surface area (TPSA) is 49.1 Å². The molecule has 2 aliphatic rings. The summed E-state index contributed by atoms with van der Waals surface area (Å²) in [6.45, 7) is 10.4. The van der Waals surface area contributed by atoms with Crippen molar-refractivity contribution in [3.63, 3.8) is 0 Å². The largest absolute Gasteiger partial charge is 0.492 e. The Labute approximate surface area is 184 Å². The van der Waals surface area contributed by atoms with Crippen LogP contribution in [0, 0.1) is 0 Å². The molecular weight excluding hydrogens is 388 g/mol. The van der Waals surface area contributed by atoms with E-state index in [4.69, 9.17) is 9.72 Å². The summed E-state index contributed by atoms with van der Waals surface area (Å²) in [4.78, 5) is 16.9. The summed E-state index contributed by atoms with van der Waals surface area (Å²) in [5.41, 5.74) is 3.13. The molecule has 0 spiro atoms. The first-order valence-corrected chi connectivity index (χ1v) is 11.3. The lowest BCUT2D eigenvalue weighted by atomic mass is 10.1. The third kappa shape index (κ3) is 4.00. The summed E-state index contributed by atoms with van der Waals surface area (Å²) < 4.78 is 8.04. The van der Waals surface area contributed by atoms with Gasteiger partial charge in [0, 0.05) is 57.6 Å². The Morgan fingerprint density at radius 1 is 1.13 bits per heavy atom. The van der Waals surface area contributed by atoms with Gasteiger partial charge in [-0.3, -0.25) is 19.2 Å². The van der Waals surface area contributed by atoms with E-state index in [1.54, 1.807) is 0 Å². The molecule has 0 saturated carbocycles. The molecule has 3 aromatic heterocycles. The van der Waals surface area contributed by atoms with Gasteiger partial charge in [0.1, 0.15) is 17.2 Å².